The molecule has 1 atom stereocenters. The zero-order valence-electron chi connectivity index (χ0n) is 12.5. The number of hydrogen-bond acceptors (Lipinski definition) is 5. The Balaban J connectivity index is 1.79. The first-order valence-corrected chi connectivity index (χ1v) is 7.06. The van der Waals surface area contributed by atoms with Crippen LogP contribution < -0.4 is 14.4 Å². The Morgan fingerprint density at radius 3 is 2.50 bits per heavy atom. The van der Waals surface area contributed by atoms with Crippen molar-refractivity contribution in [1.29, 1.82) is 0 Å². The van der Waals surface area contributed by atoms with Crippen molar-refractivity contribution >= 4 is 0 Å². The molecule has 5 heteroatoms. The third-order valence-electron chi connectivity index (χ3n) is 3.70. The number of fused-ring (bicyclic) bond motifs is 1. The highest BCUT2D eigenvalue weighted by Crippen LogP contribution is 2.38. The van der Waals surface area contributed by atoms with Crippen molar-refractivity contribution < 1.29 is 24.4 Å². The summed E-state index contributed by atoms with van der Waals surface area (Å²) in [5, 5.41) is 9.94. The van der Waals surface area contributed by atoms with Crippen molar-refractivity contribution in [1.82, 2.24) is 0 Å². The fourth-order valence-corrected chi connectivity index (χ4v) is 2.59. The summed E-state index contributed by atoms with van der Waals surface area (Å²) in [5.41, 5.74) is 2.07. The third kappa shape index (κ3) is 2.80. The summed E-state index contributed by atoms with van der Waals surface area (Å²) >= 11 is 0. The molecule has 1 N–H and O–H groups in total. The van der Waals surface area contributed by atoms with Gasteiger partial charge in [0.15, 0.2) is 17.2 Å². The lowest BCUT2D eigenvalue weighted by Gasteiger charge is -2.24. The molecule has 1 aliphatic heterocycles. The van der Waals surface area contributed by atoms with Crippen LogP contribution in [0.3, 0.4) is 0 Å². The van der Waals surface area contributed by atoms with Crippen LogP contribution in [0.25, 0.3) is 0 Å². The van der Waals surface area contributed by atoms with Gasteiger partial charge in [0.25, 0.3) is 0 Å². The number of phenolic OH excluding ortho intramolecular Hbond substituents is 1. The molecule has 0 saturated carbocycles. The summed E-state index contributed by atoms with van der Waals surface area (Å²) in [4.78, 5) is 10.8. The molecule has 1 aliphatic rings. The summed E-state index contributed by atoms with van der Waals surface area (Å²) in [7, 11) is 3.02. The molecule has 0 spiro atoms. The van der Waals surface area contributed by atoms with Gasteiger partial charge in [0.2, 0.25) is 5.75 Å². The number of methoxy groups -OCH3 is 2. The van der Waals surface area contributed by atoms with E-state index in [0.717, 1.165) is 23.3 Å². The second-order valence-electron chi connectivity index (χ2n) is 5.17. The molecule has 116 valence electrons. The van der Waals surface area contributed by atoms with Crippen LogP contribution in [0.1, 0.15) is 11.1 Å². The predicted octanol–water partition coefficient (Wildman–Crippen LogP) is 2.89. The molecule has 3 rings (SSSR count). The SMILES string of the molecule is COc1cc(CC2Cc3ccccc3OO2)cc(OC)c1O. The van der Waals surface area contributed by atoms with Crippen LogP contribution in [0, 0.1) is 0 Å². The quantitative estimate of drug-likeness (QED) is 0.880. The lowest BCUT2D eigenvalue weighted by atomic mass is 9.99. The molecular formula is C17H18O5. The van der Waals surface area contributed by atoms with E-state index in [1.807, 2.05) is 24.3 Å². The van der Waals surface area contributed by atoms with E-state index in [1.165, 1.54) is 14.2 Å². The van der Waals surface area contributed by atoms with E-state index < -0.39 is 0 Å². The first kappa shape index (κ1) is 14.5. The maximum absolute atomic E-state index is 9.94. The van der Waals surface area contributed by atoms with Gasteiger partial charge in [-0.15, -0.1) is 0 Å². The predicted molar refractivity (Wildman–Crippen MR) is 80.6 cm³/mol. The topological polar surface area (TPSA) is 57.2 Å². The fraction of sp³-hybridized carbons (Fsp3) is 0.294. The number of benzene rings is 2. The van der Waals surface area contributed by atoms with Crippen molar-refractivity contribution in [3.05, 3.63) is 47.5 Å². The Labute approximate surface area is 128 Å². The van der Waals surface area contributed by atoms with E-state index in [-0.39, 0.29) is 11.9 Å². The molecule has 2 aromatic carbocycles. The van der Waals surface area contributed by atoms with Gasteiger partial charge in [-0.2, -0.15) is 4.89 Å². The Bertz CT molecular complexity index is 643. The zero-order chi connectivity index (χ0) is 15.5. The second-order valence-corrected chi connectivity index (χ2v) is 5.17. The number of phenols is 1. The molecule has 1 unspecified atom stereocenters. The van der Waals surface area contributed by atoms with Crippen LogP contribution in [0.4, 0.5) is 0 Å². The average Bonchev–Trinajstić information content (AvgIpc) is 2.56. The molecule has 0 saturated heterocycles. The monoisotopic (exact) mass is 302 g/mol. The Morgan fingerprint density at radius 1 is 1.14 bits per heavy atom. The van der Waals surface area contributed by atoms with Crippen LogP contribution in [0.15, 0.2) is 36.4 Å². The number of hydrogen-bond donors (Lipinski definition) is 1. The fourth-order valence-electron chi connectivity index (χ4n) is 2.59. The maximum Gasteiger partial charge on any atom is 0.200 e. The van der Waals surface area contributed by atoms with Gasteiger partial charge in [0.05, 0.1) is 14.2 Å². The summed E-state index contributed by atoms with van der Waals surface area (Å²) in [6.45, 7) is 0. The normalized spacial score (nSPS) is 16.5. The van der Waals surface area contributed by atoms with Crippen LogP contribution >= 0.6 is 0 Å². The Hall–Kier alpha value is -2.40. The zero-order valence-corrected chi connectivity index (χ0v) is 12.5. The summed E-state index contributed by atoms with van der Waals surface area (Å²) < 4.78 is 10.3. The first-order chi connectivity index (χ1) is 10.7. The number of aromatic hydroxyl groups is 1. The van der Waals surface area contributed by atoms with Gasteiger partial charge in [0, 0.05) is 18.4 Å². The smallest absolute Gasteiger partial charge is 0.200 e. The highest BCUT2D eigenvalue weighted by molar-refractivity contribution is 5.53. The highest BCUT2D eigenvalue weighted by atomic mass is 17.2. The summed E-state index contributed by atoms with van der Waals surface area (Å²) in [6.07, 6.45) is 1.29. The summed E-state index contributed by atoms with van der Waals surface area (Å²) in [6, 6.07) is 11.4. The van der Waals surface area contributed by atoms with Crippen molar-refractivity contribution in [3.63, 3.8) is 0 Å². The number of ether oxygens (including phenoxy) is 2. The molecule has 22 heavy (non-hydrogen) atoms. The molecule has 5 nitrogen and oxygen atoms in total. The molecule has 1 heterocycles. The van der Waals surface area contributed by atoms with Gasteiger partial charge in [0.1, 0.15) is 6.10 Å². The molecule has 0 amide bonds. The highest BCUT2D eigenvalue weighted by Gasteiger charge is 2.22. The molecule has 0 fully saturated rings. The molecule has 2 aromatic rings. The van der Waals surface area contributed by atoms with Crippen LogP contribution in [-0.4, -0.2) is 25.4 Å². The number of rotatable bonds is 4. The Kier molecular flexibility index (Phi) is 4.06. The molecule has 0 aromatic heterocycles. The summed E-state index contributed by atoms with van der Waals surface area (Å²) in [5.74, 6) is 1.53. The first-order valence-electron chi connectivity index (χ1n) is 7.06. The van der Waals surface area contributed by atoms with Gasteiger partial charge < -0.3 is 19.5 Å². The van der Waals surface area contributed by atoms with Gasteiger partial charge >= 0.3 is 0 Å². The molecular weight excluding hydrogens is 284 g/mol. The minimum Gasteiger partial charge on any atom is -0.502 e. The van der Waals surface area contributed by atoms with Crippen LogP contribution in [-0.2, 0) is 17.7 Å². The maximum atomic E-state index is 9.94. The average molecular weight is 302 g/mol. The van der Waals surface area contributed by atoms with E-state index >= 15 is 0 Å². The van der Waals surface area contributed by atoms with E-state index in [2.05, 4.69) is 0 Å². The van der Waals surface area contributed by atoms with Crippen molar-refractivity contribution in [2.45, 2.75) is 18.9 Å². The van der Waals surface area contributed by atoms with E-state index in [0.29, 0.717) is 17.9 Å². The second kappa shape index (κ2) is 6.15. The van der Waals surface area contributed by atoms with Crippen molar-refractivity contribution in [3.8, 4) is 23.0 Å². The lowest BCUT2D eigenvalue weighted by molar-refractivity contribution is -0.253. The standard InChI is InChI=1S/C17H18O5/c1-19-15-8-11(9-16(20-2)17(15)18)7-13-10-12-5-3-4-6-14(12)22-21-13/h3-6,8-9,13,18H,7,10H2,1-2H3. The van der Waals surface area contributed by atoms with Crippen LogP contribution in [0.5, 0.6) is 23.0 Å². The molecule has 0 radical (unpaired) electrons. The minimum atomic E-state index is -0.103. The van der Waals surface area contributed by atoms with E-state index in [1.54, 1.807) is 12.1 Å². The Morgan fingerprint density at radius 2 is 1.82 bits per heavy atom. The lowest BCUT2D eigenvalue weighted by Crippen LogP contribution is -2.25. The van der Waals surface area contributed by atoms with E-state index in [4.69, 9.17) is 19.2 Å². The third-order valence-corrected chi connectivity index (χ3v) is 3.70. The van der Waals surface area contributed by atoms with Gasteiger partial charge in [-0.05, 0) is 23.8 Å². The van der Waals surface area contributed by atoms with Crippen molar-refractivity contribution in [2.24, 2.45) is 0 Å². The minimum absolute atomic E-state index is 0.0000850. The van der Waals surface area contributed by atoms with Gasteiger partial charge in [-0.3, -0.25) is 0 Å². The largest absolute Gasteiger partial charge is 0.502 e. The molecule has 0 bridgehead atoms. The van der Waals surface area contributed by atoms with Gasteiger partial charge in [-0.1, -0.05) is 18.2 Å². The molecule has 0 aliphatic carbocycles. The van der Waals surface area contributed by atoms with Crippen LogP contribution in [0.2, 0.25) is 0 Å². The van der Waals surface area contributed by atoms with Crippen molar-refractivity contribution in [2.75, 3.05) is 14.2 Å². The van der Waals surface area contributed by atoms with Gasteiger partial charge in [-0.25, -0.2) is 0 Å². The van der Waals surface area contributed by atoms with E-state index in [9.17, 15) is 5.11 Å². The number of para-hydroxylation sites is 1.